The summed E-state index contributed by atoms with van der Waals surface area (Å²) in [4.78, 5) is 6.85. The van der Waals surface area contributed by atoms with Crippen LogP contribution < -0.4 is 10.1 Å². The molecule has 148 valence electrons. The van der Waals surface area contributed by atoms with Crippen LogP contribution in [-0.4, -0.2) is 62.3 Å². The summed E-state index contributed by atoms with van der Waals surface area (Å²) in [7, 11) is 3.54. The van der Waals surface area contributed by atoms with Crippen molar-refractivity contribution in [2.24, 2.45) is 10.9 Å². The van der Waals surface area contributed by atoms with Crippen LogP contribution in [-0.2, 0) is 11.3 Å². The third-order valence-corrected chi connectivity index (χ3v) is 5.79. The number of hydrogen-bond donors (Lipinski definition) is 1. The first-order chi connectivity index (χ1) is 12.1. The summed E-state index contributed by atoms with van der Waals surface area (Å²) in [5, 5.41) is 4.17. The fourth-order valence-corrected chi connectivity index (χ4v) is 4.07. The molecule has 0 saturated carbocycles. The van der Waals surface area contributed by atoms with Gasteiger partial charge in [0.25, 0.3) is 0 Å². The molecule has 1 saturated heterocycles. The van der Waals surface area contributed by atoms with Crippen molar-refractivity contribution in [1.82, 2.24) is 10.2 Å². The van der Waals surface area contributed by atoms with Gasteiger partial charge in [-0.15, -0.1) is 24.0 Å². The van der Waals surface area contributed by atoms with Crippen LogP contribution >= 0.6 is 35.7 Å². The maximum atomic E-state index is 5.68. The molecule has 5 nitrogen and oxygen atoms in total. The highest BCUT2D eigenvalue weighted by Crippen LogP contribution is 2.25. The molecule has 1 atom stereocenters. The Morgan fingerprint density at radius 1 is 1.38 bits per heavy atom. The monoisotopic (exact) mass is 493 g/mol. The minimum atomic E-state index is 0. The van der Waals surface area contributed by atoms with Crippen molar-refractivity contribution in [3.8, 4) is 5.75 Å². The van der Waals surface area contributed by atoms with Gasteiger partial charge in [0.2, 0.25) is 0 Å². The van der Waals surface area contributed by atoms with Gasteiger partial charge in [-0.2, -0.15) is 11.8 Å². The number of guanidine groups is 1. The summed E-state index contributed by atoms with van der Waals surface area (Å²) in [5.41, 5.74) is 1.18. The molecule has 7 heteroatoms. The highest BCUT2D eigenvalue weighted by Gasteiger charge is 2.24. The average molecular weight is 493 g/mol. The summed E-state index contributed by atoms with van der Waals surface area (Å²) in [6, 6.07) is 8.17. The SMILES string of the molecule is CN=C(NCc1cccc(OCCOC)c1)N1CCSC(C(C)C)C1.I. The lowest BCUT2D eigenvalue weighted by molar-refractivity contribution is 0.146. The number of nitrogens with zero attached hydrogens (tertiary/aromatic N) is 2. The smallest absolute Gasteiger partial charge is 0.193 e. The van der Waals surface area contributed by atoms with E-state index in [2.05, 4.69) is 53.0 Å². The van der Waals surface area contributed by atoms with Crippen LogP contribution in [0.15, 0.2) is 29.3 Å². The molecular formula is C19H32IN3O2S. The number of hydrogen-bond acceptors (Lipinski definition) is 4. The number of benzene rings is 1. The Morgan fingerprint density at radius 2 is 2.19 bits per heavy atom. The third-order valence-electron chi connectivity index (χ3n) is 4.25. The van der Waals surface area contributed by atoms with Crippen molar-refractivity contribution in [2.75, 3.05) is 46.2 Å². The second-order valence-electron chi connectivity index (χ2n) is 6.49. The van der Waals surface area contributed by atoms with Gasteiger partial charge in [0.1, 0.15) is 12.4 Å². The van der Waals surface area contributed by atoms with Gasteiger partial charge >= 0.3 is 0 Å². The number of methoxy groups -OCH3 is 1. The number of aliphatic imine (C=N–C) groups is 1. The highest BCUT2D eigenvalue weighted by atomic mass is 127. The van der Waals surface area contributed by atoms with Crippen molar-refractivity contribution < 1.29 is 9.47 Å². The number of rotatable bonds is 7. The molecule has 0 amide bonds. The summed E-state index contributed by atoms with van der Waals surface area (Å²) in [5.74, 6) is 3.70. The Labute approximate surface area is 179 Å². The van der Waals surface area contributed by atoms with E-state index >= 15 is 0 Å². The zero-order valence-electron chi connectivity index (χ0n) is 16.2. The van der Waals surface area contributed by atoms with Crippen molar-refractivity contribution in [3.63, 3.8) is 0 Å². The Kier molecular flexibility index (Phi) is 11.4. The molecule has 26 heavy (non-hydrogen) atoms. The van der Waals surface area contributed by atoms with Crippen molar-refractivity contribution >= 4 is 41.7 Å². The zero-order chi connectivity index (χ0) is 18.1. The second-order valence-corrected chi connectivity index (χ2v) is 7.84. The van der Waals surface area contributed by atoms with Crippen LogP contribution in [0.3, 0.4) is 0 Å². The van der Waals surface area contributed by atoms with Crippen LogP contribution in [0.2, 0.25) is 0 Å². The van der Waals surface area contributed by atoms with E-state index in [-0.39, 0.29) is 24.0 Å². The van der Waals surface area contributed by atoms with Crippen molar-refractivity contribution in [1.29, 1.82) is 0 Å². The molecule has 1 aromatic rings. The Balaban J connectivity index is 0.00000338. The Morgan fingerprint density at radius 3 is 2.88 bits per heavy atom. The van der Waals surface area contributed by atoms with Crippen LogP contribution in [0, 0.1) is 5.92 Å². The molecule has 1 aromatic carbocycles. The van der Waals surface area contributed by atoms with Crippen LogP contribution in [0.5, 0.6) is 5.75 Å². The lowest BCUT2D eigenvalue weighted by Crippen LogP contribution is -2.48. The largest absolute Gasteiger partial charge is 0.491 e. The van der Waals surface area contributed by atoms with E-state index in [1.54, 1.807) is 7.11 Å². The van der Waals surface area contributed by atoms with E-state index in [1.807, 2.05) is 19.2 Å². The second kappa shape index (κ2) is 12.7. The number of halogens is 1. The minimum absolute atomic E-state index is 0. The Bertz CT molecular complexity index is 557. The maximum absolute atomic E-state index is 5.68. The van der Waals surface area contributed by atoms with Crippen molar-refractivity contribution in [3.05, 3.63) is 29.8 Å². The van der Waals surface area contributed by atoms with Gasteiger partial charge in [0.15, 0.2) is 5.96 Å². The van der Waals surface area contributed by atoms with Crippen LogP contribution in [0.1, 0.15) is 19.4 Å². The molecule has 0 spiro atoms. The number of nitrogens with one attached hydrogen (secondary N) is 1. The molecule has 1 aliphatic rings. The molecule has 0 radical (unpaired) electrons. The number of ether oxygens (including phenoxy) is 2. The van der Waals surface area contributed by atoms with Gasteiger partial charge < -0.3 is 19.7 Å². The molecule has 0 aromatic heterocycles. The molecule has 1 aliphatic heterocycles. The molecule has 0 bridgehead atoms. The van der Waals surface area contributed by atoms with E-state index in [1.165, 1.54) is 5.56 Å². The standard InChI is InChI=1S/C19H31N3O2S.HI/c1-15(2)18-14-22(8-11-25-18)19(20-3)21-13-16-6-5-7-17(12-16)24-10-9-23-4;/h5-7,12,15,18H,8-11,13-14H2,1-4H3,(H,20,21);1H. The zero-order valence-corrected chi connectivity index (χ0v) is 19.4. The van der Waals surface area contributed by atoms with Gasteiger partial charge in [0, 0.05) is 44.8 Å². The fraction of sp³-hybridized carbons (Fsp3) is 0.632. The minimum Gasteiger partial charge on any atom is -0.491 e. The maximum Gasteiger partial charge on any atom is 0.193 e. The van der Waals surface area contributed by atoms with E-state index in [0.717, 1.165) is 37.1 Å². The normalized spacial score (nSPS) is 17.8. The predicted molar refractivity (Wildman–Crippen MR) is 122 cm³/mol. The van der Waals surface area contributed by atoms with Gasteiger partial charge in [0.05, 0.1) is 6.61 Å². The van der Waals surface area contributed by atoms with Crippen LogP contribution in [0.25, 0.3) is 0 Å². The molecule has 1 unspecified atom stereocenters. The summed E-state index contributed by atoms with van der Waals surface area (Å²) in [6.07, 6.45) is 0. The number of thioether (sulfide) groups is 1. The molecule has 0 aliphatic carbocycles. The first-order valence-electron chi connectivity index (χ1n) is 8.92. The average Bonchev–Trinajstić information content (AvgIpc) is 2.63. The van der Waals surface area contributed by atoms with E-state index < -0.39 is 0 Å². The van der Waals surface area contributed by atoms with Gasteiger partial charge in [-0.1, -0.05) is 26.0 Å². The topological polar surface area (TPSA) is 46.1 Å². The van der Waals surface area contributed by atoms with E-state index in [0.29, 0.717) is 24.4 Å². The first-order valence-corrected chi connectivity index (χ1v) is 9.96. The molecule has 1 N–H and O–H groups in total. The lowest BCUT2D eigenvalue weighted by atomic mass is 10.1. The fourth-order valence-electron chi connectivity index (χ4n) is 2.77. The highest BCUT2D eigenvalue weighted by molar-refractivity contribution is 14.0. The molecule has 1 heterocycles. The summed E-state index contributed by atoms with van der Waals surface area (Å²) in [6.45, 7) is 8.61. The van der Waals surface area contributed by atoms with E-state index in [9.17, 15) is 0 Å². The first kappa shape index (κ1) is 23.4. The van der Waals surface area contributed by atoms with Gasteiger partial charge in [-0.3, -0.25) is 4.99 Å². The van der Waals surface area contributed by atoms with Gasteiger partial charge in [-0.25, -0.2) is 0 Å². The quantitative estimate of drug-likeness (QED) is 0.273. The third kappa shape index (κ3) is 7.52. The van der Waals surface area contributed by atoms with E-state index in [4.69, 9.17) is 9.47 Å². The van der Waals surface area contributed by atoms with Crippen LogP contribution in [0.4, 0.5) is 0 Å². The summed E-state index contributed by atoms with van der Waals surface area (Å²) < 4.78 is 10.7. The summed E-state index contributed by atoms with van der Waals surface area (Å²) >= 11 is 2.08. The lowest BCUT2D eigenvalue weighted by Gasteiger charge is -2.36. The van der Waals surface area contributed by atoms with Gasteiger partial charge in [-0.05, 0) is 23.6 Å². The Hall–Kier alpha value is -0.670. The van der Waals surface area contributed by atoms with Crippen molar-refractivity contribution in [2.45, 2.75) is 25.6 Å². The molecule has 2 rings (SSSR count). The molecule has 1 fully saturated rings. The molecular weight excluding hydrogens is 461 g/mol. The predicted octanol–water partition coefficient (Wildman–Crippen LogP) is 3.48.